The van der Waals surface area contributed by atoms with E-state index in [0.29, 0.717) is 6.61 Å². The van der Waals surface area contributed by atoms with Gasteiger partial charge in [-0.2, -0.15) is 0 Å². The molecule has 0 radical (unpaired) electrons. The minimum absolute atomic E-state index is 0. The van der Waals surface area contributed by atoms with Crippen molar-refractivity contribution in [1.29, 1.82) is 0 Å². The molecule has 74 valence electrons. The molecular formula is C8H18ClNO2. The van der Waals surface area contributed by atoms with Gasteiger partial charge >= 0.3 is 0 Å². The minimum atomic E-state index is -0.673. The number of halogens is 1. The normalized spacial score (nSPS) is 28.8. The number of rotatable bonds is 2. The van der Waals surface area contributed by atoms with Crippen molar-refractivity contribution in [3.63, 3.8) is 0 Å². The molecule has 0 amide bonds. The van der Waals surface area contributed by atoms with E-state index >= 15 is 0 Å². The van der Waals surface area contributed by atoms with Crippen LogP contribution in [-0.2, 0) is 4.74 Å². The maximum Gasteiger partial charge on any atom is 0.0983 e. The molecule has 0 spiro atoms. The van der Waals surface area contributed by atoms with Gasteiger partial charge in [0.25, 0.3) is 0 Å². The van der Waals surface area contributed by atoms with Gasteiger partial charge in [-0.3, -0.25) is 0 Å². The van der Waals surface area contributed by atoms with Crippen molar-refractivity contribution in [3.05, 3.63) is 0 Å². The number of nitrogens with one attached hydrogen (secondary N) is 1. The molecule has 3 nitrogen and oxygen atoms in total. The number of hydrogen-bond donors (Lipinski definition) is 2. The van der Waals surface area contributed by atoms with Crippen molar-refractivity contribution < 1.29 is 9.84 Å². The van der Waals surface area contributed by atoms with Gasteiger partial charge in [0.05, 0.1) is 18.3 Å². The number of morpholine rings is 1. The maximum atomic E-state index is 9.78. The molecule has 1 aliphatic rings. The van der Waals surface area contributed by atoms with Gasteiger partial charge in [0, 0.05) is 13.1 Å². The number of ether oxygens (including phenoxy) is 1. The molecule has 0 aromatic carbocycles. The van der Waals surface area contributed by atoms with E-state index in [1.807, 2.05) is 13.8 Å². The third-order valence-electron chi connectivity index (χ3n) is 2.34. The van der Waals surface area contributed by atoms with E-state index in [2.05, 4.69) is 5.32 Å². The van der Waals surface area contributed by atoms with Gasteiger partial charge in [-0.15, -0.1) is 12.4 Å². The highest BCUT2D eigenvalue weighted by Gasteiger charge is 2.31. The van der Waals surface area contributed by atoms with Crippen LogP contribution in [-0.4, -0.2) is 36.5 Å². The lowest BCUT2D eigenvalue weighted by Gasteiger charge is -2.34. The van der Waals surface area contributed by atoms with Gasteiger partial charge in [-0.25, -0.2) is 0 Å². The fourth-order valence-electron chi connectivity index (χ4n) is 1.19. The van der Waals surface area contributed by atoms with Crippen LogP contribution in [0.1, 0.15) is 20.3 Å². The van der Waals surface area contributed by atoms with Gasteiger partial charge in [-0.1, -0.05) is 6.92 Å². The fraction of sp³-hybridized carbons (Fsp3) is 1.00. The quantitative estimate of drug-likeness (QED) is 0.677. The van der Waals surface area contributed by atoms with Crippen molar-refractivity contribution in [3.8, 4) is 0 Å². The molecule has 1 fully saturated rings. The first-order valence-corrected chi connectivity index (χ1v) is 4.21. The van der Waals surface area contributed by atoms with Crippen LogP contribution in [0.2, 0.25) is 0 Å². The Morgan fingerprint density at radius 1 is 1.67 bits per heavy atom. The number of aliphatic hydroxyl groups is 1. The van der Waals surface area contributed by atoms with Gasteiger partial charge < -0.3 is 15.2 Å². The molecule has 2 N–H and O–H groups in total. The summed E-state index contributed by atoms with van der Waals surface area (Å²) in [5.74, 6) is 0. The molecule has 2 atom stereocenters. The summed E-state index contributed by atoms with van der Waals surface area (Å²) in [6.45, 7) is 6.17. The first kappa shape index (κ1) is 12.2. The topological polar surface area (TPSA) is 41.5 Å². The van der Waals surface area contributed by atoms with Crippen molar-refractivity contribution in [2.45, 2.75) is 32.0 Å². The lowest BCUT2D eigenvalue weighted by atomic mass is 9.95. The predicted molar refractivity (Wildman–Crippen MR) is 50.8 cm³/mol. The Morgan fingerprint density at radius 3 is 2.75 bits per heavy atom. The molecule has 1 aliphatic heterocycles. The highest BCUT2D eigenvalue weighted by Crippen LogP contribution is 2.18. The van der Waals surface area contributed by atoms with Crippen molar-refractivity contribution >= 4 is 12.4 Å². The molecule has 0 aromatic heterocycles. The standard InChI is InChI=1S/C8H17NO2.ClH/c1-3-8(2,10)7-6-9-4-5-11-7;/h7,9-10H,3-6H2,1-2H3;1H. The Kier molecular flexibility index (Phi) is 5.09. The third kappa shape index (κ3) is 2.90. The average Bonchev–Trinajstić information content (AvgIpc) is 2.06. The number of hydrogen-bond acceptors (Lipinski definition) is 3. The molecule has 4 heteroatoms. The molecule has 0 aliphatic carbocycles. The van der Waals surface area contributed by atoms with E-state index < -0.39 is 5.60 Å². The summed E-state index contributed by atoms with van der Waals surface area (Å²) >= 11 is 0. The maximum absolute atomic E-state index is 9.78. The van der Waals surface area contributed by atoms with Crippen LogP contribution >= 0.6 is 12.4 Å². The molecule has 1 rings (SSSR count). The van der Waals surface area contributed by atoms with Crippen molar-refractivity contribution in [1.82, 2.24) is 5.32 Å². The Balaban J connectivity index is 0.00000121. The minimum Gasteiger partial charge on any atom is -0.387 e. The highest BCUT2D eigenvalue weighted by atomic mass is 35.5. The fourth-order valence-corrected chi connectivity index (χ4v) is 1.19. The second-order valence-corrected chi connectivity index (χ2v) is 3.27. The monoisotopic (exact) mass is 195 g/mol. The Hall–Kier alpha value is 0.170. The Labute approximate surface area is 79.9 Å². The summed E-state index contributed by atoms with van der Waals surface area (Å²) in [5.41, 5.74) is -0.673. The van der Waals surface area contributed by atoms with Gasteiger partial charge in [0.2, 0.25) is 0 Å². The molecule has 1 heterocycles. The predicted octanol–water partition coefficient (Wildman–Crippen LogP) is 0.558. The third-order valence-corrected chi connectivity index (χ3v) is 2.34. The van der Waals surface area contributed by atoms with Crippen molar-refractivity contribution in [2.24, 2.45) is 0 Å². The van der Waals surface area contributed by atoms with E-state index in [4.69, 9.17) is 4.74 Å². The average molecular weight is 196 g/mol. The summed E-state index contributed by atoms with van der Waals surface area (Å²) in [5, 5.41) is 13.0. The lowest BCUT2D eigenvalue weighted by molar-refractivity contribution is -0.110. The SMILES string of the molecule is CCC(C)(O)C1CNCCO1.Cl. The van der Waals surface area contributed by atoms with E-state index in [-0.39, 0.29) is 18.5 Å². The van der Waals surface area contributed by atoms with Gasteiger partial charge in [0.1, 0.15) is 0 Å². The molecule has 1 saturated heterocycles. The summed E-state index contributed by atoms with van der Waals surface area (Å²) < 4.78 is 5.42. The summed E-state index contributed by atoms with van der Waals surface area (Å²) in [4.78, 5) is 0. The van der Waals surface area contributed by atoms with Crippen LogP contribution in [0.3, 0.4) is 0 Å². The van der Waals surface area contributed by atoms with E-state index in [1.165, 1.54) is 0 Å². The second-order valence-electron chi connectivity index (χ2n) is 3.27. The summed E-state index contributed by atoms with van der Waals surface area (Å²) in [6, 6.07) is 0. The smallest absolute Gasteiger partial charge is 0.0983 e. The zero-order valence-corrected chi connectivity index (χ0v) is 8.49. The van der Waals surface area contributed by atoms with Crippen LogP contribution in [0.15, 0.2) is 0 Å². The molecule has 2 unspecified atom stereocenters. The lowest BCUT2D eigenvalue weighted by Crippen LogP contribution is -2.51. The molecular weight excluding hydrogens is 178 g/mol. The van der Waals surface area contributed by atoms with Gasteiger partial charge in [0.15, 0.2) is 0 Å². The largest absolute Gasteiger partial charge is 0.387 e. The zero-order chi connectivity index (χ0) is 8.32. The van der Waals surface area contributed by atoms with Crippen LogP contribution in [0, 0.1) is 0 Å². The van der Waals surface area contributed by atoms with Crippen LogP contribution < -0.4 is 5.32 Å². The zero-order valence-electron chi connectivity index (χ0n) is 7.67. The van der Waals surface area contributed by atoms with Crippen LogP contribution in [0.5, 0.6) is 0 Å². The second kappa shape index (κ2) is 5.02. The Bertz CT molecular complexity index is 124. The highest BCUT2D eigenvalue weighted by molar-refractivity contribution is 5.85. The van der Waals surface area contributed by atoms with Crippen molar-refractivity contribution in [2.75, 3.05) is 19.7 Å². The molecule has 0 bridgehead atoms. The molecule has 12 heavy (non-hydrogen) atoms. The van der Waals surface area contributed by atoms with Crippen LogP contribution in [0.25, 0.3) is 0 Å². The van der Waals surface area contributed by atoms with Gasteiger partial charge in [-0.05, 0) is 13.3 Å². The summed E-state index contributed by atoms with van der Waals surface area (Å²) in [7, 11) is 0. The van der Waals surface area contributed by atoms with E-state index in [1.54, 1.807) is 0 Å². The van der Waals surface area contributed by atoms with Crippen LogP contribution in [0.4, 0.5) is 0 Å². The Morgan fingerprint density at radius 2 is 2.33 bits per heavy atom. The van der Waals surface area contributed by atoms with E-state index in [0.717, 1.165) is 19.5 Å². The molecule has 0 aromatic rings. The summed E-state index contributed by atoms with van der Waals surface area (Å²) in [6.07, 6.45) is 0.695. The van der Waals surface area contributed by atoms with E-state index in [9.17, 15) is 5.11 Å². The first-order valence-electron chi connectivity index (χ1n) is 4.21. The first-order chi connectivity index (χ1) is 5.17. The molecule has 0 saturated carbocycles.